The van der Waals surface area contributed by atoms with Gasteiger partial charge in [-0.2, -0.15) is 0 Å². The zero-order valence-electron chi connectivity index (χ0n) is 14.0. The van der Waals surface area contributed by atoms with E-state index >= 15 is 0 Å². The summed E-state index contributed by atoms with van der Waals surface area (Å²) in [7, 11) is 0. The number of hydrogen-bond donors (Lipinski definition) is 1. The summed E-state index contributed by atoms with van der Waals surface area (Å²) in [6.07, 6.45) is 0. The van der Waals surface area contributed by atoms with Crippen molar-refractivity contribution in [2.75, 3.05) is 5.75 Å². The van der Waals surface area contributed by atoms with Crippen molar-refractivity contribution in [3.63, 3.8) is 0 Å². The van der Waals surface area contributed by atoms with E-state index < -0.39 is 0 Å². The summed E-state index contributed by atoms with van der Waals surface area (Å²) in [6.45, 7) is 6.08. The third-order valence-corrected chi connectivity index (χ3v) is 5.26. The number of halogens is 2. The Morgan fingerprint density at radius 1 is 1.25 bits per heavy atom. The Balaban J connectivity index is 1.85. The molecule has 0 saturated heterocycles. The highest BCUT2D eigenvalue weighted by molar-refractivity contribution is 7.99. The second-order valence-corrected chi connectivity index (χ2v) is 7.22. The van der Waals surface area contributed by atoms with Crippen molar-refractivity contribution in [2.45, 2.75) is 32.6 Å². The van der Waals surface area contributed by atoms with Crippen molar-refractivity contribution in [1.82, 2.24) is 5.32 Å². The molecule has 0 saturated carbocycles. The summed E-state index contributed by atoms with van der Waals surface area (Å²) < 4.78 is 13.7. The van der Waals surface area contributed by atoms with Gasteiger partial charge in [0.25, 0.3) is 0 Å². The standard InChI is InChI=1S/C19H21ClFNOS/c1-12-7-8-15(9-13(12)2)14(3)22-19(23)11-24-10-16-17(20)5-4-6-18(16)21/h4-9,14H,10-11H2,1-3H3,(H,22,23)/t14-/m1/s1. The van der Waals surface area contributed by atoms with Crippen LogP contribution in [-0.4, -0.2) is 11.7 Å². The number of carbonyl (C=O) groups excluding carboxylic acids is 1. The number of rotatable bonds is 6. The van der Waals surface area contributed by atoms with Gasteiger partial charge in [-0.1, -0.05) is 35.9 Å². The molecular weight excluding hydrogens is 345 g/mol. The van der Waals surface area contributed by atoms with Crippen molar-refractivity contribution in [3.05, 3.63) is 69.5 Å². The highest BCUT2D eigenvalue weighted by Gasteiger charge is 2.12. The number of carbonyl (C=O) groups is 1. The van der Waals surface area contributed by atoms with Gasteiger partial charge in [0.15, 0.2) is 0 Å². The Morgan fingerprint density at radius 3 is 2.67 bits per heavy atom. The molecule has 24 heavy (non-hydrogen) atoms. The molecule has 2 nitrogen and oxygen atoms in total. The van der Waals surface area contributed by atoms with Crippen molar-refractivity contribution in [1.29, 1.82) is 0 Å². The third-order valence-electron chi connectivity index (χ3n) is 3.95. The Kier molecular flexibility index (Phi) is 6.69. The van der Waals surface area contributed by atoms with Crippen LogP contribution in [0.3, 0.4) is 0 Å². The number of nitrogens with one attached hydrogen (secondary N) is 1. The summed E-state index contributed by atoms with van der Waals surface area (Å²) >= 11 is 7.33. The molecule has 0 aliphatic heterocycles. The zero-order valence-corrected chi connectivity index (χ0v) is 15.6. The first-order valence-corrected chi connectivity index (χ1v) is 9.29. The Morgan fingerprint density at radius 2 is 2.00 bits per heavy atom. The highest BCUT2D eigenvalue weighted by atomic mass is 35.5. The van der Waals surface area contributed by atoms with E-state index in [1.807, 2.05) is 13.0 Å². The van der Waals surface area contributed by atoms with Gasteiger partial charge in [0.1, 0.15) is 5.82 Å². The van der Waals surface area contributed by atoms with Crippen LogP contribution in [-0.2, 0) is 10.5 Å². The van der Waals surface area contributed by atoms with Gasteiger partial charge in [-0.25, -0.2) is 4.39 Å². The maximum absolute atomic E-state index is 13.7. The molecule has 5 heteroatoms. The maximum atomic E-state index is 13.7. The van der Waals surface area contributed by atoms with Gasteiger partial charge >= 0.3 is 0 Å². The molecule has 1 amide bonds. The SMILES string of the molecule is Cc1ccc([C@@H](C)NC(=O)CSCc2c(F)cccc2Cl)cc1C. The lowest BCUT2D eigenvalue weighted by Crippen LogP contribution is -2.28. The van der Waals surface area contributed by atoms with Gasteiger partial charge in [0, 0.05) is 16.3 Å². The van der Waals surface area contributed by atoms with Crippen LogP contribution in [0.1, 0.15) is 35.2 Å². The van der Waals surface area contributed by atoms with Crippen LogP contribution in [0.2, 0.25) is 5.02 Å². The van der Waals surface area contributed by atoms with Crippen molar-refractivity contribution in [3.8, 4) is 0 Å². The lowest BCUT2D eigenvalue weighted by Gasteiger charge is -2.15. The molecule has 0 unspecified atom stereocenters. The first kappa shape index (κ1) is 18.8. The maximum Gasteiger partial charge on any atom is 0.230 e. The Labute approximate surface area is 151 Å². The molecule has 2 rings (SSSR count). The first-order valence-electron chi connectivity index (χ1n) is 7.75. The molecule has 128 valence electrons. The second-order valence-electron chi connectivity index (χ2n) is 5.83. The van der Waals surface area contributed by atoms with Crippen LogP contribution in [0.5, 0.6) is 0 Å². The van der Waals surface area contributed by atoms with Gasteiger partial charge in [-0.15, -0.1) is 11.8 Å². The third kappa shape index (κ3) is 4.99. The first-order chi connectivity index (χ1) is 11.4. The molecule has 1 atom stereocenters. The van der Waals surface area contributed by atoms with E-state index in [-0.39, 0.29) is 23.5 Å². The van der Waals surface area contributed by atoms with Crippen molar-refractivity contribution < 1.29 is 9.18 Å². The fourth-order valence-electron chi connectivity index (χ4n) is 2.32. The molecular formula is C19H21ClFNOS. The quantitative estimate of drug-likeness (QED) is 0.761. The largest absolute Gasteiger partial charge is 0.349 e. The van der Waals surface area contributed by atoms with E-state index in [1.54, 1.807) is 12.1 Å². The van der Waals surface area contributed by atoms with E-state index in [0.29, 0.717) is 16.3 Å². The van der Waals surface area contributed by atoms with E-state index in [2.05, 4.69) is 31.3 Å². The average molecular weight is 366 g/mol. The molecule has 0 radical (unpaired) electrons. The summed E-state index contributed by atoms with van der Waals surface area (Å²) in [5.74, 6) is 0.230. The zero-order chi connectivity index (χ0) is 17.7. The number of benzene rings is 2. The van der Waals surface area contributed by atoms with Crippen LogP contribution in [0.25, 0.3) is 0 Å². The van der Waals surface area contributed by atoms with Gasteiger partial charge < -0.3 is 5.32 Å². The lowest BCUT2D eigenvalue weighted by atomic mass is 10.0. The molecule has 0 heterocycles. The van der Waals surface area contributed by atoms with E-state index in [9.17, 15) is 9.18 Å². The minimum atomic E-state index is -0.334. The summed E-state index contributed by atoms with van der Waals surface area (Å²) in [5.41, 5.74) is 3.96. The Hall–Kier alpha value is -1.52. The van der Waals surface area contributed by atoms with Gasteiger partial charge in [-0.3, -0.25) is 4.79 Å². The average Bonchev–Trinajstić information content (AvgIpc) is 2.52. The second kappa shape index (κ2) is 8.54. The molecule has 0 bridgehead atoms. The molecule has 1 N–H and O–H groups in total. The summed E-state index contributed by atoms with van der Waals surface area (Å²) in [6, 6.07) is 10.7. The molecule has 0 fully saturated rings. The molecule has 0 spiro atoms. The molecule has 0 aliphatic rings. The number of amides is 1. The Bertz CT molecular complexity index is 715. The monoisotopic (exact) mass is 365 g/mol. The minimum absolute atomic E-state index is 0.0607. The van der Waals surface area contributed by atoms with Crippen LogP contribution < -0.4 is 5.32 Å². The topological polar surface area (TPSA) is 29.1 Å². The number of hydrogen-bond acceptors (Lipinski definition) is 2. The summed E-state index contributed by atoms with van der Waals surface area (Å²) in [5, 5.41) is 3.37. The van der Waals surface area contributed by atoms with Crippen LogP contribution in [0.15, 0.2) is 36.4 Å². The van der Waals surface area contributed by atoms with Crippen molar-refractivity contribution in [2.24, 2.45) is 0 Å². The predicted octanol–water partition coefficient (Wildman–Crippen LogP) is 5.21. The van der Waals surface area contributed by atoms with Crippen LogP contribution >= 0.6 is 23.4 Å². The van der Waals surface area contributed by atoms with E-state index in [0.717, 1.165) is 5.56 Å². The molecule has 2 aromatic rings. The number of aryl methyl sites for hydroxylation is 2. The van der Waals surface area contributed by atoms with E-state index in [4.69, 9.17) is 11.6 Å². The molecule has 0 aliphatic carbocycles. The fraction of sp³-hybridized carbons (Fsp3) is 0.316. The number of thioether (sulfide) groups is 1. The lowest BCUT2D eigenvalue weighted by molar-refractivity contribution is -0.119. The van der Waals surface area contributed by atoms with Crippen LogP contribution in [0, 0.1) is 19.7 Å². The van der Waals surface area contributed by atoms with Gasteiger partial charge in [-0.05, 0) is 49.6 Å². The van der Waals surface area contributed by atoms with Gasteiger partial charge in [0.2, 0.25) is 5.91 Å². The van der Waals surface area contributed by atoms with Crippen molar-refractivity contribution >= 4 is 29.3 Å². The normalized spacial score (nSPS) is 12.0. The summed E-state index contributed by atoms with van der Waals surface area (Å²) in [4.78, 5) is 12.1. The van der Waals surface area contributed by atoms with E-state index in [1.165, 1.54) is 29.0 Å². The molecule has 0 aromatic heterocycles. The highest BCUT2D eigenvalue weighted by Crippen LogP contribution is 2.24. The van der Waals surface area contributed by atoms with Crippen LogP contribution in [0.4, 0.5) is 4.39 Å². The molecule has 2 aromatic carbocycles. The van der Waals surface area contributed by atoms with Gasteiger partial charge in [0.05, 0.1) is 11.8 Å². The fourth-order valence-corrected chi connectivity index (χ4v) is 3.49. The predicted molar refractivity (Wildman–Crippen MR) is 100 cm³/mol. The smallest absolute Gasteiger partial charge is 0.230 e. The minimum Gasteiger partial charge on any atom is -0.349 e.